The minimum atomic E-state index is -4.21. The first-order valence-electron chi connectivity index (χ1n) is 4.56. The maximum Gasteiger partial charge on any atom is 0.329 e. The molecular weight excluding hydrogens is 207 g/mol. The molecule has 0 rings (SSSR count). The second-order valence-corrected chi connectivity index (χ2v) is 5.09. The summed E-state index contributed by atoms with van der Waals surface area (Å²) in [6.45, 7) is 4.95. The van der Waals surface area contributed by atoms with Gasteiger partial charge in [0.05, 0.1) is 18.2 Å². The zero-order valence-electron chi connectivity index (χ0n) is 8.64. The monoisotopic (exact) mass is 224 g/mol. The SMILES string of the molecule is CCOC(=O)C(CC)C(C)P(=O)(O)O. The van der Waals surface area contributed by atoms with Gasteiger partial charge >= 0.3 is 13.6 Å². The molecule has 6 heteroatoms. The van der Waals surface area contributed by atoms with Crippen molar-refractivity contribution in [2.24, 2.45) is 5.92 Å². The number of carbonyl (C=O) groups is 1. The fourth-order valence-electron chi connectivity index (χ4n) is 1.19. The van der Waals surface area contributed by atoms with Gasteiger partial charge in [-0.15, -0.1) is 0 Å². The summed E-state index contributed by atoms with van der Waals surface area (Å²) < 4.78 is 15.7. The summed E-state index contributed by atoms with van der Waals surface area (Å²) in [6.07, 6.45) is 0.366. The number of hydrogen-bond acceptors (Lipinski definition) is 3. The van der Waals surface area contributed by atoms with Gasteiger partial charge in [-0.3, -0.25) is 9.36 Å². The van der Waals surface area contributed by atoms with E-state index >= 15 is 0 Å². The molecule has 0 aliphatic heterocycles. The Morgan fingerprint density at radius 2 is 1.93 bits per heavy atom. The molecule has 0 aromatic heterocycles. The maximum absolute atomic E-state index is 11.3. The van der Waals surface area contributed by atoms with Crippen LogP contribution in [0.4, 0.5) is 0 Å². The molecule has 0 amide bonds. The van der Waals surface area contributed by atoms with Crippen LogP contribution in [0, 0.1) is 5.92 Å². The molecular formula is C8H17O5P. The van der Waals surface area contributed by atoms with Gasteiger partial charge in [-0.2, -0.15) is 0 Å². The molecule has 0 aromatic rings. The molecule has 2 N–H and O–H groups in total. The fourth-order valence-corrected chi connectivity index (χ4v) is 1.99. The lowest BCUT2D eigenvalue weighted by Crippen LogP contribution is -2.27. The van der Waals surface area contributed by atoms with Crippen molar-refractivity contribution in [1.29, 1.82) is 0 Å². The third-order valence-corrected chi connectivity index (χ3v) is 3.56. The number of hydrogen-bond donors (Lipinski definition) is 2. The molecule has 5 nitrogen and oxygen atoms in total. The van der Waals surface area contributed by atoms with Crippen LogP contribution in [0.3, 0.4) is 0 Å². The first-order chi connectivity index (χ1) is 6.34. The van der Waals surface area contributed by atoms with Gasteiger partial charge < -0.3 is 14.5 Å². The maximum atomic E-state index is 11.3. The second-order valence-electron chi connectivity index (χ2n) is 3.10. The Kier molecular flexibility index (Phi) is 5.34. The average molecular weight is 224 g/mol. The summed E-state index contributed by atoms with van der Waals surface area (Å²) in [6, 6.07) is 0. The molecule has 0 saturated heterocycles. The van der Waals surface area contributed by atoms with Crippen LogP contribution in [-0.4, -0.2) is 28.0 Å². The number of carbonyl (C=O) groups excluding carboxylic acids is 1. The average Bonchev–Trinajstić information content (AvgIpc) is 2.04. The first-order valence-corrected chi connectivity index (χ1v) is 6.24. The Morgan fingerprint density at radius 1 is 1.43 bits per heavy atom. The highest BCUT2D eigenvalue weighted by Crippen LogP contribution is 2.45. The third-order valence-electron chi connectivity index (χ3n) is 2.14. The molecule has 0 fully saturated rings. The molecule has 0 aliphatic rings. The molecule has 84 valence electrons. The molecule has 0 radical (unpaired) electrons. The lowest BCUT2D eigenvalue weighted by molar-refractivity contribution is -0.148. The highest BCUT2D eigenvalue weighted by Gasteiger charge is 2.36. The first kappa shape index (κ1) is 13.6. The van der Waals surface area contributed by atoms with Crippen molar-refractivity contribution < 1.29 is 23.9 Å². The van der Waals surface area contributed by atoms with Crippen molar-refractivity contribution in [2.75, 3.05) is 6.61 Å². The zero-order chi connectivity index (χ0) is 11.4. The van der Waals surface area contributed by atoms with Gasteiger partial charge in [0.2, 0.25) is 0 Å². The molecule has 0 bridgehead atoms. The summed E-state index contributed by atoms with van der Waals surface area (Å²) in [5.41, 5.74) is -0.980. The molecule has 2 unspecified atom stereocenters. The van der Waals surface area contributed by atoms with Crippen molar-refractivity contribution in [3.05, 3.63) is 0 Å². The standard InChI is InChI=1S/C8H17O5P/c1-4-7(8(9)13-5-2)6(3)14(10,11)12/h6-7H,4-5H2,1-3H3,(H2,10,11,12). The van der Waals surface area contributed by atoms with E-state index in [-0.39, 0.29) is 6.61 Å². The van der Waals surface area contributed by atoms with Gasteiger partial charge in [-0.05, 0) is 13.3 Å². The summed E-state index contributed by atoms with van der Waals surface area (Å²) >= 11 is 0. The van der Waals surface area contributed by atoms with Crippen molar-refractivity contribution >= 4 is 13.6 Å². The zero-order valence-corrected chi connectivity index (χ0v) is 9.53. The minimum absolute atomic E-state index is 0.225. The van der Waals surface area contributed by atoms with Gasteiger partial charge in [0.25, 0.3) is 0 Å². The third kappa shape index (κ3) is 3.78. The molecule has 0 aromatic carbocycles. The van der Waals surface area contributed by atoms with Gasteiger partial charge in [0.15, 0.2) is 0 Å². The van der Waals surface area contributed by atoms with E-state index in [2.05, 4.69) is 0 Å². The van der Waals surface area contributed by atoms with E-state index < -0.39 is 25.1 Å². The van der Waals surface area contributed by atoms with Crippen LogP contribution in [0.2, 0.25) is 0 Å². The predicted octanol–water partition coefficient (Wildman–Crippen LogP) is 1.14. The summed E-state index contributed by atoms with van der Waals surface area (Å²) in [7, 11) is -4.21. The van der Waals surface area contributed by atoms with Gasteiger partial charge in [-0.1, -0.05) is 13.8 Å². The van der Waals surface area contributed by atoms with E-state index in [1.807, 2.05) is 0 Å². The smallest absolute Gasteiger partial charge is 0.329 e. The molecule has 0 saturated carbocycles. The van der Waals surface area contributed by atoms with E-state index in [0.29, 0.717) is 6.42 Å². The second kappa shape index (κ2) is 5.49. The van der Waals surface area contributed by atoms with Crippen LogP contribution in [0.1, 0.15) is 27.2 Å². The normalized spacial score (nSPS) is 16.1. The van der Waals surface area contributed by atoms with Crippen LogP contribution in [-0.2, 0) is 14.1 Å². The van der Waals surface area contributed by atoms with Gasteiger partial charge in [0.1, 0.15) is 0 Å². The van der Waals surface area contributed by atoms with E-state index in [9.17, 15) is 9.36 Å². The number of esters is 1. The topological polar surface area (TPSA) is 83.8 Å². The Labute approximate surface area is 83.6 Å². The Bertz CT molecular complexity index is 234. The van der Waals surface area contributed by atoms with Crippen LogP contribution in [0.25, 0.3) is 0 Å². The van der Waals surface area contributed by atoms with Crippen molar-refractivity contribution in [1.82, 2.24) is 0 Å². The molecule has 0 spiro atoms. The lowest BCUT2D eigenvalue weighted by Gasteiger charge is -2.21. The predicted molar refractivity (Wildman–Crippen MR) is 51.9 cm³/mol. The van der Waals surface area contributed by atoms with Crippen LogP contribution in [0.15, 0.2) is 0 Å². The molecule has 0 heterocycles. The number of rotatable bonds is 5. The Hall–Kier alpha value is -0.380. The fraction of sp³-hybridized carbons (Fsp3) is 0.875. The van der Waals surface area contributed by atoms with E-state index in [1.54, 1.807) is 13.8 Å². The summed E-state index contributed by atoms with van der Waals surface area (Å²) in [5.74, 6) is -1.26. The van der Waals surface area contributed by atoms with Crippen LogP contribution < -0.4 is 0 Å². The summed E-state index contributed by atoms with van der Waals surface area (Å²) in [4.78, 5) is 29.1. The van der Waals surface area contributed by atoms with E-state index in [4.69, 9.17) is 14.5 Å². The Balaban J connectivity index is 4.56. The van der Waals surface area contributed by atoms with Crippen molar-refractivity contribution in [3.8, 4) is 0 Å². The van der Waals surface area contributed by atoms with Crippen molar-refractivity contribution in [2.45, 2.75) is 32.9 Å². The molecule has 2 atom stereocenters. The molecule has 14 heavy (non-hydrogen) atoms. The summed E-state index contributed by atoms with van der Waals surface area (Å²) in [5, 5.41) is 0. The largest absolute Gasteiger partial charge is 0.466 e. The quantitative estimate of drug-likeness (QED) is 0.540. The van der Waals surface area contributed by atoms with Crippen molar-refractivity contribution in [3.63, 3.8) is 0 Å². The van der Waals surface area contributed by atoms with Gasteiger partial charge in [-0.25, -0.2) is 0 Å². The lowest BCUT2D eigenvalue weighted by atomic mass is 10.0. The highest BCUT2D eigenvalue weighted by molar-refractivity contribution is 7.52. The Morgan fingerprint density at radius 3 is 2.21 bits per heavy atom. The van der Waals surface area contributed by atoms with Crippen LogP contribution in [0.5, 0.6) is 0 Å². The van der Waals surface area contributed by atoms with E-state index in [1.165, 1.54) is 6.92 Å². The minimum Gasteiger partial charge on any atom is -0.466 e. The highest BCUT2D eigenvalue weighted by atomic mass is 31.2. The molecule has 0 aliphatic carbocycles. The number of ether oxygens (including phenoxy) is 1. The van der Waals surface area contributed by atoms with Crippen LogP contribution >= 0.6 is 7.60 Å². The van der Waals surface area contributed by atoms with E-state index in [0.717, 1.165) is 0 Å². The van der Waals surface area contributed by atoms with Gasteiger partial charge in [0, 0.05) is 0 Å².